The summed E-state index contributed by atoms with van der Waals surface area (Å²) in [6.07, 6.45) is 2.61. The molecule has 1 fully saturated rings. The first-order valence-electron chi connectivity index (χ1n) is 11.9. The molecule has 9 heteroatoms. The lowest BCUT2D eigenvalue weighted by molar-refractivity contribution is -0.0726. The molecule has 0 atom stereocenters. The van der Waals surface area contributed by atoms with Gasteiger partial charge in [-0.1, -0.05) is 12.1 Å². The monoisotopic (exact) mass is 485 g/mol. The highest BCUT2D eigenvalue weighted by Crippen LogP contribution is 2.24. The average Bonchev–Trinajstić information content (AvgIpc) is 3.63. The molecular formula is C27H27N5O4. The molecule has 0 aliphatic carbocycles. The van der Waals surface area contributed by atoms with Crippen LogP contribution in [0.4, 0.5) is 11.4 Å². The van der Waals surface area contributed by atoms with Gasteiger partial charge in [-0.15, -0.1) is 5.06 Å². The summed E-state index contributed by atoms with van der Waals surface area (Å²) >= 11 is 0. The zero-order valence-electron chi connectivity index (χ0n) is 19.8. The highest BCUT2D eigenvalue weighted by atomic mass is 16.7. The van der Waals surface area contributed by atoms with Gasteiger partial charge in [0.2, 0.25) is 0 Å². The van der Waals surface area contributed by atoms with Crippen LogP contribution in [0.3, 0.4) is 0 Å². The quantitative estimate of drug-likeness (QED) is 0.370. The van der Waals surface area contributed by atoms with Crippen LogP contribution in [0.15, 0.2) is 82.0 Å². The summed E-state index contributed by atoms with van der Waals surface area (Å²) in [5.74, 6) is 3.27. The minimum atomic E-state index is 0.0797. The van der Waals surface area contributed by atoms with E-state index in [1.807, 2.05) is 59.4 Å². The summed E-state index contributed by atoms with van der Waals surface area (Å²) in [6, 6.07) is 18.9. The Hall–Kier alpha value is -4.33. The maximum atomic E-state index is 12.8. The molecule has 5 rings (SSSR count). The van der Waals surface area contributed by atoms with Crippen molar-refractivity contribution >= 4 is 29.1 Å². The van der Waals surface area contributed by atoms with Gasteiger partial charge in [0, 0.05) is 42.5 Å². The second kappa shape index (κ2) is 10.9. The highest BCUT2D eigenvalue weighted by Gasteiger charge is 2.25. The van der Waals surface area contributed by atoms with Crippen molar-refractivity contribution in [3.8, 4) is 5.95 Å². The van der Waals surface area contributed by atoms with Crippen LogP contribution in [-0.4, -0.2) is 55.5 Å². The third kappa shape index (κ3) is 5.66. The van der Waals surface area contributed by atoms with Crippen molar-refractivity contribution < 1.29 is 18.8 Å². The molecule has 2 aliphatic heterocycles. The number of hydrogen-bond acceptors (Lipinski definition) is 9. The number of benzene rings is 2. The van der Waals surface area contributed by atoms with Crippen molar-refractivity contribution in [1.29, 1.82) is 0 Å². The maximum absolute atomic E-state index is 12.8. The number of Topliss-reactive ketones (excluding diaryl/α,β-unsaturated/α-hetero) is 1. The predicted octanol–water partition coefficient (Wildman–Crippen LogP) is 3.30. The summed E-state index contributed by atoms with van der Waals surface area (Å²) in [5.41, 5.74) is 4.01. The molecule has 0 saturated carbocycles. The van der Waals surface area contributed by atoms with E-state index in [1.54, 1.807) is 17.2 Å². The number of hydroxylamine groups is 2. The molecule has 2 N–H and O–H groups in total. The van der Waals surface area contributed by atoms with Gasteiger partial charge in [0.15, 0.2) is 11.7 Å². The molecule has 0 spiro atoms. The van der Waals surface area contributed by atoms with Gasteiger partial charge >= 0.3 is 5.95 Å². The van der Waals surface area contributed by atoms with Gasteiger partial charge in [-0.05, 0) is 54.4 Å². The first-order chi connectivity index (χ1) is 17.7. The molecule has 0 amide bonds. The van der Waals surface area contributed by atoms with E-state index in [-0.39, 0.29) is 12.3 Å². The summed E-state index contributed by atoms with van der Waals surface area (Å²) in [5, 5.41) is 8.08. The number of ketones is 1. The van der Waals surface area contributed by atoms with Gasteiger partial charge in [-0.2, -0.15) is 0 Å². The Morgan fingerprint density at radius 3 is 2.64 bits per heavy atom. The highest BCUT2D eigenvalue weighted by molar-refractivity contribution is 5.96. The first-order valence-corrected chi connectivity index (χ1v) is 11.9. The number of carbonyl (C=O) groups excluding carboxylic acids is 2. The number of carbonyl (C=O) groups is 1. The minimum absolute atomic E-state index is 0.0797. The van der Waals surface area contributed by atoms with Gasteiger partial charge in [-0.3, -0.25) is 9.79 Å². The molecule has 3 aromatic rings. The van der Waals surface area contributed by atoms with Crippen LogP contribution in [0.1, 0.15) is 22.3 Å². The molecule has 36 heavy (non-hydrogen) atoms. The number of guanidine groups is 1. The molecular weight excluding hydrogens is 458 g/mol. The van der Waals surface area contributed by atoms with Crippen molar-refractivity contribution in [2.45, 2.75) is 12.8 Å². The average molecular weight is 486 g/mol. The second-order valence-electron chi connectivity index (χ2n) is 8.54. The standard InChI is InChI=1S/C27H27N5O4/c33-19-24-18-31(36-26-2-1-17-35-26)15-16-32(24)23-10-6-21(7-11-23)25(34)12-5-20-3-8-22(9-4-20)30-27-28-13-14-29-27/h1-4,6-11,17H,5,12-16,18H2,(H2,28,29,30). The fraction of sp³-hybridized carbons (Fsp3) is 0.259. The van der Waals surface area contributed by atoms with Gasteiger partial charge in [-0.25, -0.2) is 4.79 Å². The molecule has 184 valence electrons. The predicted molar refractivity (Wildman–Crippen MR) is 137 cm³/mol. The number of anilines is 2. The topological polar surface area (TPSA) is 99.4 Å². The number of hydrogen-bond donors (Lipinski definition) is 2. The SMILES string of the molecule is O=C=C1CN(Oc2ccco2)CCN1c1ccc(C(=O)CCc2ccc(NC3=NCCN3)cc2)cc1. The Balaban J connectivity index is 1.14. The Labute approximate surface area is 209 Å². The third-order valence-corrected chi connectivity index (χ3v) is 6.09. The Kier molecular flexibility index (Phi) is 7.12. The number of aliphatic imine (C=N–C) groups is 1. The van der Waals surface area contributed by atoms with E-state index < -0.39 is 0 Å². The second-order valence-corrected chi connectivity index (χ2v) is 8.54. The summed E-state index contributed by atoms with van der Waals surface area (Å²) in [7, 11) is 0. The molecule has 1 saturated heterocycles. The van der Waals surface area contributed by atoms with Crippen molar-refractivity contribution in [2.75, 3.05) is 42.9 Å². The van der Waals surface area contributed by atoms with Crippen molar-refractivity contribution in [3.63, 3.8) is 0 Å². The number of furan rings is 1. The van der Waals surface area contributed by atoms with E-state index >= 15 is 0 Å². The van der Waals surface area contributed by atoms with Crippen LogP contribution in [0, 0.1) is 0 Å². The third-order valence-electron chi connectivity index (χ3n) is 6.09. The van der Waals surface area contributed by atoms with E-state index in [1.165, 1.54) is 6.26 Å². The Morgan fingerprint density at radius 2 is 1.94 bits per heavy atom. The van der Waals surface area contributed by atoms with Crippen LogP contribution in [0.2, 0.25) is 0 Å². The fourth-order valence-corrected chi connectivity index (χ4v) is 4.17. The number of nitrogens with one attached hydrogen (secondary N) is 2. The van der Waals surface area contributed by atoms with E-state index in [2.05, 4.69) is 15.6 Å². The van der Waals surface area contributed by atoms with Crippen molar-refractivity contribution in [1.82, 2.24) is 10.4 Å². The van der Waals surface area contributed by atoms with Crippen LogP contribution < -0.4 is 20.4 Å². The molecule has 0 unspecified atom stereocenters. The maximum Gasteiger partial charge on any atom is 0.304 e. The van der Waals surface area contributed by atoms with E-state index in [4.69, 9.17) is 9.25 Å². The molecule has 3 heterocycles. The Morgan fingerprint density at radius 1 is 1.11 bits per heavy atom. The smallest absolute Gasteiger partial charge is 0.304 e. The van der Waals surface area contributed by atoms with Crippen LogP contribution >= 0.6 is 0 Å². The van der Waals surface area contributed by atoms with Crippen molar-refractivity contribution in [3.05, 3.63) is 83.8 Å². The fourth-order valence-electron chi connectivity index (χ4n) is 4.17. The first kappa shape index (κ1) is 23.4. The van der Waals surface area contributed by atoms with E-state index in [9.17, 15) is 9.59 Å². The number of aryl methyl sites for hydroxylation is 1. The lowest BCUT2D eigenvalue weighted by Gasteiger charge is -2.34. The van der Waals surface area contributed by atoms with Crippen LogP contribution in [0.25, 0.3) is 0 Å². The summed E-state index contributed by atoms with van der Waals surface area (Å²) in [4.78, 5) is 36.2. The van der Waals surface area contributed by atoms with Gasteiger partial charge in [0.05, 0.1) is 25.9 Å². The summed E-state index contributed by atoms with van der Waals surface area (Å²) in [6.45, 7) is 3.05. The molecule has 2 aromatic carbocycles. The van der Waals surface area contributed by atoms with Crippen molar-refractivity contribution in [2.24, 2.45) is 4.99 Å². The van der Waals surface area contributed by atoms with Gasteiger partial charge in [0.1, 0.15) is 11.6 Å². The molecule has 0 bridgehead atoms. The van der Waals surface area contributed by atoms with Crippen LogP contribution in [-0.2, 0) is 11.2 Å². The number of piperazine rings is 1. The molecule has 0 radical (unpaired) electrons. The number of rotatable bonds is 8. The lowest BCUT2D eigenvalue weighted by Crippen LogP contribution is -2.46. The molecule has 1 aromatic heterocycles. The largest absolute Gasteiger partial charge is 0.433 e. The van der Waals surface area contributed by atoms with Crippen LogP contribution in [0.5, 0.6) is 5.95 Å². The number of nitrogens with zero attached hydrogens (tertiary/aromatic N) is 3. The van der Waals surface area contributed by atoms with E-state index in [0.29, 0.717) is 43.1 Å². The Bertz CT molecular complexity index is 1260. The lowest BCUT2D eigenvalue weighted by atomic mass is 10.0. The molecule has 9 nitrogen and oxygen atoms in total. The van der Waals surface area contributed by atoms with Gasteiger partial charge < -0.3 is 24.8 Å². The summed E-state index contributed by atoms with van der Waals surface area (Å²) < 4.78 is 5.20. The van der Waals surface area contributed by atoms with E-state index in [0.717, 1.165) is 36.0 Å². The normalized spacial score (nSPS) is 15.7. The zero-order chi connectivity index (χ0) is 24.7. The zero-order valence-corrected chi connectivity index (χ0v) is 19.8. The van der Waals surface area contributed by atoms with Gasteiger partial charge in [0.25, 0.3) is 0 Å². The minimum Gasteiger partial charge on any atom is -0.433 e. The molecule has 2 aliphatic rings.